The molecule has 4 nitrogen and oxygen atoms in total. The number of fused-ring (bicyclic) bond motifs is 1. The molecule has 1 aliphatic rings. The molecule has 1 aliphatic heterocycles. The molecule has 1 aromatic carbocycles. The van der Waals surface area contributed by atoms with E-state index >= 15 is 0 Å². The van der Waals surface area contributed by atoms with Gasteiger partial charge in [-0.25, -0.2) is 4.98 Å². The van der Waals surface area contributed by atoms with Gasteiger partial charge in [0.25, 0.3) is 0 Å². The highest BCUT2D eigenvalue weighted by Crippen LogP contribution is 2.30. The molecule has 0 atom stereocenters. The highest BCUT2D eigenvalue weighted by molar-refractivity contribution is 6.30. The Hall–Kier alpha value is -1.52. The van der Waals surface area contributed by atoms with Crippen molar-refractivity contribution in [2.24, 2.45) is 0 Å². The maximum Gasteiger partial charge on any atom is 0.224 e. The van der Waals surface area contributed by atoms with Crippen LogP contribution in [0.1, 0.15) is 5.56 Å². The number of halogens is 2. The largest absolute Gasteiger partial charge is 0.486 e. The summed E-state index contributed by atoms with van der Waals surface area (Å²) in [6.07, 6.45) is 1.61. The lowest BCUT2D eigenvalue weighted by molar-refractivity contribution is 0.303. The second-order valence-electron chi connectivity index (χ2n) is 4.23. The average molecular weight is 296 g/mol. The number of ether oxygens (including phenoxy) is 1. The van der Waals surface area contributed by atoms with Crippen molar-refractivity contribution < 1.29 is 4.74 Å². The van der Waals surface area contributed by atoms with Gasteiger partial charge in [0.1, 0.15) is 6.61 Å². The second-order valence-corrected chi connectivity index (χ2v) is 5.00. The molecule has 0 saturated heterocycles. The van der Waals surface area contributed by atoms with Crippen molar-refractivity contribution in [1.82, 2.24) is 9.97 Å². The molecule has 0 saturated carbocycles. The van der Waals surface area contributed by atoms with Gasteiger partial charge in [0.15, 0.2) is 11.6 Å². The monoisotopic (exact) mass is 295 g/mol. The normalized spacial score (nSPS) is 13.9. The zero-order valence-corrected chi connectivity index (χ0v) is 11.5. The molecular weight excluding hydrogens is 285 g/mol. The Balaban J connectivity index is 1.89. The van der Waals surface area contributed by atoms with E-state index in [4.69, 9.17) is 27.9 Å². The fourth-order valence-electron chi connectivity index (χ4n) is 2.05. The number of hydrogen-bond acceptors (Lipinski definition) is 4. The number of nitrogens with zero attached hydrogens (tertiary/aromatic N) is 3. The van der Waals surface area contributed by atoms with E-state index < -0.39 is 0 Å². The Morgan fingerprint density at radius 3 is 3.05 bits per heavy atom. The SMILES string of the molecule is Clc1cccc(CN2CCOc3cnc(Cl)nc32)c1. The summed E-state index contributed by atoms with van der Waals surface area (Å²) < 4.78 is 5.52. The Labute approximate surface area is 120 Å². The van der Waals surface area contributed by atoms with Gasteiger partial charge in [-0.05, 0) is 29.3 Å². The van der Waals surface area contributed by atoms with Crippen LogP contribution in [0.2, 0.25) is 10.3 Å². The zero-order chi connectivity index (χ0) is 13.2. The van der Waals surface area contributed by atoms with Gasteiger partial charge in [-0.2, -0.15) is 4.98 Å². The van der Waals surface area contributed by atoms with Crippen molar-refractivity contribution in [2.45, 2.75) is 6.54 Å². The molecular formula is C13H11Cl2N3O. The molecule has 0 N–H and O–H groups in total. The van der Waals surface area contributed by atoms with E-state index in [1.807, 2.05) is 24.3 Å². The summed E-state index contributed by atoms with van der Waals surface area (Å²) in [5.74, 6) is 1.39. The number of hydrogen-bond donors (Lipinski definition) is 0. The molecule has 2 aromatic rings. The molecule has 1 aromatic heterocycles. The maximum absolute atomic E-state index is 6.00. The molecule has 0 spiro atoms. The van der Waals surface area contributed by atoms with Crippen molar-refractivity contribution in [3.63, 3.8) is 0 Å². The molecule has 3 rings (SSSR count). The number of anilines is 1. The van der Waals surface area contributed by atoms with E-state index in [9.17, 15) is 0 Å². The minimum Gasteiger partial charge on any atom is -0.486 e. The standard InChI is InChI=1S/C13H11Cl2N3O/c14-10-3-1-2-9(6-10)8-18-4-5-19-11-7-16-13(15)17-12(11)18/h1-3,6-7H,4-5,8H2. The lowest BCUT2D eigenvalue weighted by Gasteiger charge is -2.29. The van der Waals surface area contributed by atoms with Crippen LogP contribution in [-0.4, -0.2) is 23.1 Å². The molecule has 0 amide bonds. The van der Waals surface area contributed by atoms with Crippen LogP contribution in [0.5, 0.6) is 5.75 Å². The van der Waals surface area contributed by atoms with Crippen molar-refractivity contribution in [2.75, 3.05) is 18.1 Å². The topological polar surface area (TPSA) is 38.2 Å². The highest BCUT2D eigenvalue weighted by Gasteiger charge is 2.20. The molecule has 2 heterocycles. The third-order valence-corrected chi connectivity index (χ3v) is 3.30. The summed E-state index contributed by atoms with van der Waals surface area (Å²) in [5, 5.41) is 0.951. The van der Waals surface area contributed by atoms with E-state index in [1.54, 1.807) is 6.20 Å². The van der Waals surface area contributed by atoms with Crippen LogP contribution >= 0.6 is 23.2 Å². The van der Waals surface area contributed by atoms with Gasteiger partial charge in [0.05, 0.1) is 12.7 Å². The van der Waals surface area contributed by atoms with E-state index in [-0.39, 0.29) is 5.28 Å². The summed E-state index contributed by atoms with van der Waals surface area (Å²) in [4.78, 5) is 10.3. The Kier molecular flexibility index (Phi) is 3.44. The smallest absolute Gasteiger partial charge is 0.224 e. The molecule has 0 aliphatic carbocycles. The van der Waals surface area contributed by atoms with Crippen LogP contribution < -0.4 is 9.64 Å². The molecule has 19 heavy (non-hydrogen) atoms. The molecule has 0 radical (unpaired) electrons. The van der Waals surface area contributed by atoms with E-state index in [0.29, 0.717) is 18.9 Å². The molecule has 0 fully saturated rings. The Morgan fingerprint density at radius 1 is 1.32 bits per heavy atom. The summed E-state index contributed by atoms with van der Waals surface area (Å²) in [5.41, 5.74) is 1.12. The van der Waals surface area contributed by atoms with Crippen LogP contribution in [0.3, 0.4) is 0 Å². The second kappa shape index (κ2) is 5.23. The number of aromatic nitrogens is 2. The summed E-state index contributed by atoms with van der Waals surface area (Å²) in [6, 6.07) is 7.77. The van der Waals surface area contributed by atoms with Crippen LogP contribution in [0.25, 0.3) is 0 Å². The lowest BCUT2D eigenvalue weighted by Crippen LogP contribution is -2.33. The van der Waals surface area contributed by atoms with Gasteiger partial charge in [0.2, 0.25) is 5.28 Å². The van der Waals surface area contributed by atoms with E-state index in [2.05, 4.69) is 14.9 Å². The zero-order valence-electron chi connectivity index (χ0n) is 10.0. The van der Waals surface area contributed by atoms with Crippen molar-refractivity contribution in [3.05, 3.63) is 46.3 Å². The van der Waals surface area contributed by atoms with Gasteiger partial charge in [-0.1, -0.05) is 23.7 Å². The number of rotatable bonds is 2. The quantitative estimate of drug-likeness (QED) is 0.798. The van der Waals surface area contributed by atoms with Crippen LogP contribution in [0.15, 0.2) is 30.5 Å². The fraction of sp³-hybridized carbons (Fsp3) is 0.231. The van der Waals surface area contributed by atoms with Crippen molar-refractivity contribution in [1.29, 1.82) is 0 Å². The first-order chi connectivity index (χ1) is 9.22. The third-order valence-electron chi connectivity index (χ3n) is 2.89. The molecule has 6 heteroatoms. The highest BCUT2D eigenvalue weighted by atomic mass is 35.5. The fourth-order valence-corrected chi connectivity index (χ4v) is 2.39. The van der Waals surface area contributed by atoms with Gasteiger partial charge in [-0.3, -0.25) is 0 Å². The third kappa shape index (κ3) is 2.74. The van der Waals surface area contributed by atoms with Crippen LogP contribution in [-0.2, 0) is 6.54 Å². The molecule has 0 unspecified atom stereocenters. The number of benzene rings is 1. The minimum absolute atomic E-state index is 0.223. The van der Waals surface area contributed by atoms with Gasteiger partial charge >= 0.3 is 0 Å². The van der Waals surface area contributed by atoms with E-state index in [1.165, 1.54) is 0 Å². The first-order valence-electron chi connectivity index (χ1n) is 5.87. The van der Waals surface area contributed by atoms with E-state index in [0.717, 1.165) is 22.9 Å². The predicted molar refractivity (Wildman–Crippen MR) is 75.0 cm³/mol. The van der Waals surface area contributed by atoms with Crippen molar-refractivity contribution >= 4 is 29.0 Å². The Morgan fingerprint density at radius 2 is 2.21 bits per heavy atom. The van der Waals surface area contributed by atoms with Gasteiger partial charge in [-0.15, -0.1) is 0 Å². The molecule has 98 valence electrons. The minimum atomic E-state index is 0.223. The van der Waals surface area contributed by atoms with Crippen molar-refractivity contribution in [3.8, 4) is 5.75 Å². The first kappa shape index (κ1) is 12.5. The first-order valence-corrected chi connectivity index (χ1v) is 6.63. The maximum atomic E-state index is 6.00. The summed E-state index contributed by atoms with van der Waals surface area (Å²) in [7, 11) is 0. The lowest BCUT2D eigenvalue weighted by atomic mass is 10.2. The molecule has 0 bridgehead atoms. The van der Waals surface area contributed by atoms with Crippen LogP contribution in [0.4, 0.5) is 5.82 Å². The summed E-state index contributed by atoms with van der Waals surface area (Å²) in [6.45, 7) is 2.08. The predicted octanol–water partition coefficient (Wildman–Crippen LogP) is 3.18. The average Bonchev–Trinajstić information content (AvgIpc) is 2.39. The van der Waals surface area contributed by atoms with Gasteiger partial charge in [0, 0.05) is 11.6 Å². The van der Waals surface area contributed by atoms with Crippen LogP contribution in [0, 0.1) is 0 Å². The Bertz CT molecular complexity index is 606. The van der Waals surface area contributed by atoms with Gasteiger partial charge < -0.3 is 9.64 Å². The summed E-state index contributed by atoms with van der Waals surface area (Å²) >= 11 is 11.8.